The average molecular weight is 309 g/mol. The van der Waals surface area contributed by atoms with Gasteiger partial charge in [0.2, 0.25) is 5.91 Å². The number of amides is 1. The lowest BCUT2D eigenvalue weighted by Gasteiger charge is -2.32. The molecule has 2 unspecified atom stereocenters. The van der Waals surface area contributed by atoms with Crippen molar-refractivity contribution in [2.75, 3.05) is 26.8 Å². The molecule has 3 rings (SSSR count). The molecule has 2 aliphatic rings. The minimum atomic E-state index is 0.153. The predicted octanol–water partition coefficient (Wildman–Crippen LogP) is 1.67. The highest BCUT2D eigenvalue weighted by Gasteiger charge is 2.30. The summed E-state index contributed by atoms with van der Waals surface area (Å²) in [5, 5.41) is 4.46. The Hall–Kier alpha value is -0.980. The smallest absolute Gasteiger partial charge is 0.224 e. The van der Waals surface area contributed by atoms with Crippen LogP contribution in [-0.2, 0) is 16.0 Å². The van der Waals surface area contributed by atoms with Crippen LogP contribution >= 0.6 is 11.3 Å². The van der Waals surface area contributed by atoms with Gasteiger partial charge in [-0.25, -0.2) is 4.98 Å². The summed E-state index contributed by atoms with van der Waals surface area (Å²) in [6, 6.07) is 0.358. The van der Waals surface area contributed by atoms with Crippen molar-refractivity contribution in [1.82, 2.24) is 15.2 Å². The SMILES string of the molecule is Cc1nc2c(s1)C(N(C)C(=O)CC1COCCN1)CCC2. The van der Waals surface area contributed by atoms with Crippen LogP contribution in [0.15, 0.2) is 0 Å². The third-order valence-corrected chi connectivity index (χ3v) is 5.42. The third kappa shape index (κ3) is 3.27. The quantitative estimate of drug-likeness (QED) is 0.923. The molecule has 1 saturated heterocycles. The summed E-state index contributed by atoms with van der Waals surface area (Å²) < 4.78 is 5.43. The summed E-state index contributed by atoms with van der Waals surface area (Å²) in [5.74, 6) is 0.196. The Morgan fingerprint density at radius 2 is 2.43 bits per heavy atom. The second-order valence-corrected chi connectivity index (χ2v) is 7.12. The maximum atomic E-state index is 12.5. The minimum absolute atomic E-state index is 0.153. The number of hydrogen-bond donors (Lipinski definition) is 1. The minimum Gasteiger partial charge on any atom is -0.378 e. The van der Waals surface area contributed by atoms with Crippen molar-refractivity contribution in [3.63, 3.8) is 0 Å². The van der Waals surface area contributed by atoms with Gasteiger partial charge in [0.1, 0.15) is 0 Å². The molecule has 0 spiro atoms. The largest absolute Gasteiger partial charge is 0.378 e. The van der Waals surface area contributed by atoms with Gasteiger partial charge in [-0.3, -0.25) is 4.79 Å². The normalized spacial score (nSPS) is 25.4. The number of rotatable bonds is 3. The monoisotopic (exact) mass is 309 g/mol. The van der Waals surface area contributed by atoms with Gasteiger partial charge in [0, 0.05) is 26.1 Å². The fourth-order valence-electron chi connectivity index (χ4n) is 3.17. The molecule has 2 heterocycles. The summed E-state index contributed by atoms with van der Waals surface area (Å²) >= 11 is 1.74. The lowest BCUT2D eigenvalue weighted by atomic mass is 9.96. The number of thiazole rings is 1. The van der Waals surface area contributed by atoms with Gasteiger partial charge < -0.3 is 15.0 Å². The molecule has 21 heavy (non-hydrogen) atoms. The fraction of sp³-hybridized carbons (Fsp3) is 0.733. The van der Waals surface area contributed by atoms with Gasteiger partial charge in [-0.1, -0.05) is 0 Å². The lowest BCUT2D eigenvalue weighted by Crippen LogP contribution is -2.45. The van der Waals surface area contributed by atoms with Crippen LogP contribution in [-0.4, -0.2) is 48.6 Å². The van der Waals surface area contributed by atoms with E-state index in [-0.39, 0.29) is 18.0 Å². The van der Waals surface area contributed by atoms with Crippen LogP contribution in [0, 0.1) is 6.92 Å². The maximum absolute atomic E-state index is 12.5. The number of fused-ring (bicyclic) bond motifs is 1. The topological polar surface area (TPSA) is 54.5 Å². The van der Waals surface area contributed by atoms with E-state index in [1.165, 1.54) is 10.6 Å². The van der Waals surface area contributed by atoms with Gasteiger partial charge in [0.15, 0.2) is 0 Å². The summed E-state index contributed by atoms with van der Waals surface area (Å²) in [5.41, 5.74) is 1.20. The Kier molecular flexibility index (Phi) is 4.57. The highest BCUT2D eigenvalue weighted by molar-refractivity contribution is 7.11. The van der Waals surface area contributed by atoms with Crippen molar-refractivity contribution in [3.8, 4) is 0 Å². The van der Waals surface area contributed by atoms with Crippen LogP contribution in [0.3, 0.4) is 0 Å². The van der Waals surface area contributed by atoms with E-state index in [4.69, 9.17) is 4.74 Å². The van der Waals surface area contributed by atoms with Crippen LogP contribution < -0.4 is 5.32 Å². The molecule has 1 N–H and O–H groups in total. The molecule has 1 amide bonds. The summed E-state index contributed by atoms with van der Waals surface area (Å²) in [7, 11) is 1.93. The van der Waals surface area contributed by atoms with Gasteiger partial charge in [-0.2, -0.15) is 0 Å². The van der Waals surface area contributed by atoms with E-state index in [1.54, 1.807) is 11.3 Å². The van der Waals surface area contributed by atoms with Crippen molar-refractivity contribution in [2.24, 2.45) is 0 Å². The molecular weight excluding hydrogens is 286 g/mol. The van der Waals surface area contributed by atoms with Crippen molar-refractivity contribution in [3.05, 3.63) is 15.6 Å². The number of nitrogens with zero attached hydrogens (tertiary/aromatic N) is 2. The van der Waals surface area contributed by atoms with Crippen LogP contribution in [0.2, 0.25) is 0 Å². The van der Waals surface area contributed by atoms with Crippen molar-refractivity contribution >= 4 is 17.2 Å². The van der Waals surface area contributed by atoms with Crippen LogP contribution in [0.5, 0.6) is 0 Å². The van der Waals surface area contributed by atoms with Crippen molar-refractivity contribution < 1.29 is 9.53 Å². The van der Waals surface area contributed by atoms with Gasteiger partial charge >= 0.3 is 0 Å². The highest BCUT2D eigenvalue weighted by Crippen LogP contribution is 2.37. The van der Waals surface area contributed by atoms with Crippen LogP contribution in [0.1, 0.15) is 40.9 Å². The number of aromatic nitrogens is 1. The standard InChI is InChI=1S/C15H23N3O2S/c1-10-17-12-4-3-5-13(15(12)21-10)18(2)14(19)8-11-9-20-7-6-16-11/h11,13,16H,3-9H2,1-2H3. The molecule has 0 radical (unpaired) electrons. The van der Waals surface area contributed by atoms with E-state index >= 15 is 0 Å². The Morgan fingerprint density at radius 1 is 1.57 bits per heavy atom. The predicted molar refractivity (Wildman–Crippen MR) is 82.5 cm³/mol. The molecule has 0 aromatic carbocycles. The first-order chi connectivity index (χ1) is 10.1. The molecule has 1 aromatic heterocycles. The second kappa shape index (κ2) is 6.42. The van der Waals surface area contributed by atoms with E-state index in [2.05, 4.69) is 10.3 Å². The molecule has 5 nitrogen and oxygen atoms in total. The van der Waals surface area contributed by atoms with E-state index in [0.717, 1.165) is 37.4 Å². The molecular formula is C15H23N3O2S. The number of hydrogen-bond acceptors (Lipinski definition) is 5. The third-order valence-electron chi connectivity index (χ3n) is 4.31. The molecule has 1 fully saturated rings. The average Bonchev–Trinajstić information content (AvgIpc) is 2.87. The van der Waals surface area contributed by atoms with Gasteiger partial charge in [-0.05, 0) is 26.2 Å². The van der Waals surface area contributed by atoms with E-state index in [0.29, 0.717) is 13.0 Å². The Morgan fingerprint density at radius 3 is 3.19 bits per heavy atom. The summed E-state index contributed by atoms with van der Waals surface area (Å²) in [4.78, 5) is 20.4. The fourth-order valence-corrected chi connectivity index (χ4v) is 4.32. The first-order valence-corrected chi connectivity index (χ1v) is 8.50. The number of ether oxygens (including phenoxy) is 1. The van der Waals surface area contributed by atoms with Gasteiger partial charge in [0.25, 0.3) is 0 Å². The zero-order chi connectivity index (χ0) is 14.8. The number of carbonyl (C=O) groups is 1. The molecule has 116 valence electrons. The first kappa shape index (κ1) is 14.9. The molecule has 0 bridgehead atoms. The summed E-state index contributed by atoms with van der Waals surface area (Å²) in [6.45, 7) is 4.26. The number of morpholine rings is 1. The Bertz CT molecular complexity index is 511. The Labute approximate surface area is 129 Å². The number of nitrogens with one attached hydrogen (secondary N) is 1. The van der Waals surface area contributed by atoms with Gasteiger partial charge in [0.05, 0.1) is 34.8 Å². The van der Waals surface area contributed by atoms with E-state index in [1.807, 2.05) is 18.9 Å². The van der Waals surface area contributed by atoms with Gasteiger partial charge in [-0.15, -0.1) is 11.3 Å². The molecule has 1 aromatic rings. The molecule has 2 atom stereocenters. The van der Waals surface area contributed by atoms with E-state index in [9.17, 15) is 4.79 Å². The number of aryl methyl sites for hydroxylation is 2. The lowest BCUT2D eigenvalue weighted by molar-refractivity contribution is -0.133. The highest BCUT2D eigenvalue weighted by atomic mass is 32.1. The molecule has 1 aliphatic carbocycles. The maximum Gasteiger partial charge on any atom is 0.224 e. The zero-order valence-corrected chi connectivity index (χ0v) is 13.5. The first-order valence-electron chi connectivity index (χ1n) is 7.68. The number of carbonyl (C=O) groups excluding carboxylic acids is 1. The van der Waals surface area contributed by atoms with Crippen molar-refractivity contribution in [1.29, 1.82) is 0 Å². The van der Waals surface area contributed by atoms with Crippen LogP contribution in [0.4, 0.5) is 0 Å². The molecule has 0 saturated carbocycles. The zero-order valence-electron chi connectivity index (χ0n) is 12.7. The molecule has 1 aliphatic heterocycles. The second-order valence-electron chi connectivity index (χ2n) is 5.89. The van der Waals surface area contributed by atoms with Crippen LogP contribution in [0.25, 0.3) is 0 Å². The van der Waals surface area contributed by atoms with E-state index < -0.39 is 0 Å². The Balaban J connectivity index is 1.67. The van der Waals surface area contributed by atoms with Crippen molar-refractivity contribution in [2.45, 2.75) is 44.7 Å². The molecule has 6 heteroatoms. The summed E-state index contributed by atoms with van der Waals surface area (Å²) in [6.07, 6.45) is 3.73.